The maximum absolute atomic E-state index is 11.7. The lowest BCUT2D eigenvalue weighted by atomic mass is 10.0. The van der Waals surface area contributed by atoms with Crippen molar-refractivity contribution in [2.75, 3.05) is 6.54 Å². The lowest BCUT2D eigenvalue weighted by Crippen LogP contribution is -2.36. The fourth-order valence-corrected chi connectivity index (χ4v) is 1.68. The van der Waals surface area contributed by atoms with Crippen LogP contribution in [-0.4, -0.2) is 18.1 Å². The van der Waals surface area contributed by atoms with E-state index in [0.717, 1.165) is 5.56 Å². The first-order valence-electron chi connectivity index (χ1n) is 5.21. The average Bonchev–Trinajstić information content (AvgIpc) is 2.26. The highest BCUT2D eigenvalue weighted by Gasteiger charge is 2.30. The SMILES string of the molecule is CC1(C)OCc2cccc(C(=O)CN)c2O1. The molecule has 0 radical (unpaired) electrons. The number of ether oxygens (including phenoxy) is 2. The summed E-state index contributed by atoms with van der Waals surface area (Å²) in [5, 5.41) is 0. The number of carbonyl (C=O) groups excluding carboxylic acids is 1. The number of carbonyl (C=O) groups is 1. The highest BCUT2D eigenvalue weighted by atomic mass is 16.7. The van der Waals surface area contributed by atoms with Crippen molar-refractivity contribution in [3.63, 3.8) is 0 Å². The minimum Gasteiger partial charge on any atom is -0.462 e. The Bertz CT molecular complexity index is 426. The predicted octanol–water partition coefficient (Wildman–Crippen LogP) is 1.47. The maximum atomic E-state index is 11.7. The summed E-state index contributed by atoms with van der Waals surface area (Å²) < 4.78 is 11.2. The highest BCUT2D eigenvalue weighted by Crippen LogP contribution is 2.34. The molecule has 4 heteroatoms. The number of nitrogens with two attached hydrogens (primary N) is 1. The second-order valence-electron chi connectivity index (χ2n) is 4.21. The quantitative estimate of drug-likeness (QED) is 0.768. The molecular formula is C12H15NO3. The first-order valence-corrected chi connectivity index (χ1v) is 5.21. The van der Waals surface area contributed by atoms with Crippen LogP contribution in [0.15, 0.2) is 18.2 Å². The van der Waals surface area contributed by atoms with Gasteiger partial charge in [0.05, 0.1) is 18.7 Å². The molecule has 0 saturated heterocycles. The van der Waals surface area contributed by atoms with Crippen LogP contribution < -0.4 is 10.5 Å². The van der Waals surface area contributed by atoms with Gasteiger partial charge in [-0.05, 0) is 6.07 Å². The number of ketones is 1. The van der Waals surface area contributed by atoms with Gasteiger partial charge in [0.1, 0.15) is 5.75 Å². The third-order valence-corrected chi connectivity index (χ3v) is 2.51. The summed E-state index contributed by atoms with van der Waals surface area (Å²) >= 11 is 0. The van der Waals surface area contributed by atoms with Crippen molar-refractivity contribution in [2.45, 2.75) is 26.2 Å². The van der Waals surface area contributed by atoms with Gasteiger partial charge in [-0.2, -0.15) is 0 Å². The summed E-state index contributed by atoms with van der Waals surface area (Å²) in [5.74, 6) is -0.207. The fourth-order valence-electron chi connectivity index (χ4n) is 1.68. The Kier molecular flexibility index (Phi) is 2.69. The molecule has 4 nitrogen and oxygen atoms in total. The first kappa shape index (κ1) is 11.1. The predicted molar refractivity (Wildman–Crippen MR) is 59.3 cm³/mol. The molecule has 1 aromatic carbocycles. The van der Waals surface area contributed by atoms with Gasteiger partial charge in [-0.1, -0.05) is 12.1 Å². The zero-order valence-electron chi connectivity index (χ0n) is 9.45. The molecule has 2 N–H and O–H groups in total. The maximum Gasteiger partial charge on any atom is 0.205 e. The van der Waals surface area contributed by atoms with Gasteiger partial charge in [-0.3, -0.25) is 4.79 Å². The third-order valence-electron chi connectivity index (χ3n) is 2.51. The molecule has 0 fully saturated rings. The molecule has 86 valence electrons. The largest absolute Gasteiger partial charge is 0.462 e. The molecule has 0 unspecified atom stereocenters. The Labute approximate surface area is 94.3 Å². The van der Waals surface area contributed by atoms with E-state index in [1.165, 1.54) is 0 Å². The molecule has 0 aliphatic carbocycles. The molecule has 0 amide bonds. The summed E-state index contributed by atoms with van der Waals surface area (Å²) in [6.07, 6.45) is 0. The van der Waals surface area contributed by atoms with Crippen molar-refractivity contribution in [1.29, 1.82) is 0 Å². The Morgan fingerprint density at radius 3 is 2.94 bits per heavy atom. The molecular weight excluding hydrogens is 206 g/mol. The first-order chi connectivity index (χ1) is 7.53. The highest BCUT2D eigenvalue weighted by molar-refractivity contribution is 6.00. The topological polar surface area (TPSA) is 61.5 Å². The number of fused-ring (bicyclic) bond motifs is 1. The molecule has 1 heterocycles. The monoisotopic (exact) mass is 221 g/mol. The van der Waals surface area contributed by atoms with Crippen LogP contribution in [0, 0.1) is 0 Å². The van der Waals surface area contributed by atoms with E-state index in [9.17, 15) is 4.79 Å². The van der Waals surface area contributed by atoms with E-state index in [2.05, 4.69) is 0 Å². The van der Waals surface area contributed by atoms with Crippen molar-refractivity contribution in [3.05, 3.63) is 29.3 Å². The number of benzene rings is 1. The molecule has 0 aromatic heterocycles. The molecule has 0 saturated carbocycles. The summed E-state index contributed by atoms with van der Waals surface area (Å²) in [4.78, 5) is 11.7. The van der Waals surface area contributed by atoms with Crippen molar-refractivity contribution in [2.24, 2.45) is 5.73 Å². The Morgan fingerprint density at radius 1 is 1.50 bits per heavy atom. The van der Waals surface area contributed by atoms with Crippen LogP contribution in [0.3, 0.4) is 0 Å². The smallest absolute Gasteiger partial charge is 0.205 e. The Morgan fingerprint density at radius 2 is 2.25 bits per heavy atom. The molecule has 2 rings (SSSR count). The lowest BCUT2D eigenvalue weighted by Gasteiger charge is -2.33. The fraction of sp³-hybridized carbons (Fsp3) is 0.417. The standard InChI is InChI=1S/C12H15NO3/c1-12(2)15-7-8-4-3-5-9(10(14)6-13)11(8)16-12/h3-5H,6-7,13H2,1-2H3. The van der Waals surface area contributed by atoms with Crippen molar-refractivity contribution in [1.82, 2.24) is 0 Å². The van der Waals surface area contributed by atoms with Crippen LogP contribution in [0.25, 0.3) is 0 Å². The molecule has 16 heavy (non-hydrogen) atoms. The number of para-hydroxylation sites is 1. The van der Waals surface area contributed by atoms with Crippen molar-refractivity contribution in [3.8, 4) is 5.75 Å². The second-order valence-corrected chi connectivity index (χ2v) is 4.21. The molecule has 1 aliphatic rings. The molecule has 0 atom stereocenters. The van der Waals surface area contributed by atoms with Crippen molar-refractivity contribution >= 4 is 5.78 Å². The number of hydrogen-bond acceptors (Lipinski definition) is 4. The van der Waals surface area contributed by atoms with Gasteiger partial charge < -0.3 is 15.2 Å². The Balaban J connectivity index is 2.46. The van der Waals surface area contributed by atoms with Crippen LogP contribution in [-0.2, 0) is 11.3 Å². The van der Waals surface area contributed by atoms with Crippen LogP contribution in [0.5, 0.6) is 5.75 Å². The van der Waals surface area contributed by atoms with E-state index in [0.29, 0.717) is 17.9 Å². The zero-order chi connectivity index (χ0) is 11.8. The Hall–Kier alpha value is -1.39. The van der Waals surface area contributed by atoms with Gasteiger partial charge in [-0.15, -0.1) is 0 Å². The zero-order valence-corrected chi connectivity index (χ0v) is 9.45. The van der Waals surface area contributed by atoms with Gasteiger partial charge in [0.15, 0.2) is 5.78 Å². The van der Waals surface area contributed by atoms with E-state index in [-0.39, 0.29) is 12.3 Å². The van der Waals surface area contributed by atoms with Gasteiger partial charge in [0, 0.05) is 19.4 Å². The van der Waals surface area contributed by atoms with E-state index < -0.39 is 5.79 Å². The summed E-state index contributed by atoms with van der Waals surface area (Å²) in [6, 6.07) is 5.43. The van der Waals surface area contributed by atoms with E-state index in [1.54, 1.807) is 6.07 Å². The van der Waals surface area contributed by atoms with Crippen LogP contribution in [0.4, 0.5) is 0 Å². The van der Waals surface area contributed by atoms with E-state index >= 15 is 0 Å². The van der Waals surface area contributed by atoms with E-state index in [4.69, 9.17) is 15.2 Å². The normalized spacial score (nSPS) is 17.4. The molecule has 1 aromatic rings. The summed E-state index contributed by atoms with van der Waals surface area (Å²) in [6.45, 7) is 4.08. The van der Waals surface area contributed by atoms with Crippen molar-refractivity contribution < 1.29 is 14.3 Å². The molecule has 0 spiro atoms. The summed E-state index contributed by atoms with van der Waals surface area (Å²) in [5.41, 5.74) is 6.79. The van der Waals surface area contributed by atoms with Gasteiger partial charge in [-0.25, -0.2) is 0 Å². The number of hydrogen-bond donors (Lipinski definition) is 1. The number of Topliss-reactive ketones (excluding diaryl/α,β-unsaturated/α-hetero) is 1. The van der Waals surface area contributed by atoms with Gasteiger partial charge in [0.2, 0.25) is 5.79 Å². The van der Waals surface area contributed by atoms with Gasteiger partial charge in [0.25, 0.3) is 0 Å². The van der Waals surface area contributed by atoms with E-state index in [1.807, 2.05) is 26.0 Å². The van der Waals surface area contributed by atoms with Crippen LogP contribution in [0.1, 0.15) is 29.8 Å². The number of rotatable bonds is 2. The lowest BCUT2D eigenvalue weighted by molar-refractivity contribution is -0.180. The van der Waals surface area contributed by atoms with Gasteiger partial charge >= 0.3 is 0 Å². The minimum atomic E-state index is -0.696. The molecule has 1 aliphatic heterocycles. The second kappa shape index (κ2) is 3.88. The average molecular weight is 221 g/mol. The minimum absolute atomic E-state index is 0.0128. The third kappa shape index (κ3) is 1.94. The van der Waals surface area contributed by atoms with Crippen LogP contribution >= 0.6 is 0 Å². The molecule has 0 bridgehead atoms. The summed E-state index contributed by atoms with van der Waals surface area (Å²) in [7, 11) is 0. The van der Waals surface area contributed by atoms with Crippen LogP contribution in [0.2, 0.25) is 0 Å².